The van der Waals surface area contributed by atoms with Crippen molar-refractivity contribution in [1.82, 2.24) is 16.0 Å². The standard InChI is InChI=1S/C16H27N5O8/c1-7(2)13(18)16(29)21-9(5-10(17)22)15(28)20-8(3-4-11(23)24)14(27)19-6-12(25)26/h7-9,13H,3-6,18H2,1-2H3,(H2,17,22)(H,19,27)(H,20,28)(H,21,29)(H,23,24)(H,25,26). The third-order valence-corrected chi connectivity index (χ3v) is 3.75. The van der Waals surface area contributed by atoms with Gasteiger partial charge in [-0.3, -0.25) is 28.8 Å². The maximum Gasteiger partial charge on any atom is 0.322 e. The van der Waals surface area contributed by atoms with E-state index < -0.39 is 73.1 Å². The number of rotatable bonds is 13. The minimum absolute atomic E-state index is 0.266. The molecule has 0 fully saturated rings. The van der Waals surface area contributed by atoms with Crippen LogP contribution in [-0.4, -0.2) is 70.5 Å². The van der Waals surface area contributed by atoms with E-state index in [2.05, 4.69) is 10.6 Å². The molecule has 0 aromatic carbocycles. The highest BCUT2D eigenvalue weighted by Gasteiger charge is 2.30. The Morgan fingerprint density at radius 1 is 0.862 bits per heavy atom. The summed E-state index contributed by atoms with van der Waals surface area (Å²) in [5.41, 5.74) is 10.8. The Kier molecular flexibility index (Phi) is 10.9. The predicted molar refractivity (Wildman–Crippen MR) is 98.0 cm³/mol. The van der Waals surface area contributed by atoms with E-state index in [0.717, 1.165) is 0 Å². The topological polar surface area (TPSA) is 231 Å². The van der Waals surface area contributed by atoms with Gasteiger partial charge in [0.2, 0.25) is 23.6 Å². The van der Waals surface area contributed by atoms with E-state index in [9.17, 15) is 28.8 Å². The third-order valence-electron chi connectivity index (χ3n) is 3.75. The highest BCUT2D eigenvalue weighted by Crippen LogP contribution is 2.03. The molecule has 0 aromatic rings. The van der Waals surface area contributed by atoms with Crippen LogP contribution < -0.4 is 27.4 Å². The molecule has 0 bridgehead atoms. The molecular formula is C16H27N5O8. The van der Waals surface area contributed by atoms with Gasteiger partial charge in [-0.25, -0.2) is 0 Å². The molecule has 0 heterocycles. The number of hydrogen-bond donors (Lipinski definition) is 7. The molecule has 13 nitrogen and oxygen atoms in total. The molecule has 0 aromatic heterocycles. The molecule has 29 heavy (non-hydrogen) atoms. The van der Waals surface area contributed by atoms with E-state index in [1.807, 2.05) is 5.32 Å². The van der Waals surface area contributed by atoms with Crippen LogP contribution in [0.15, 0.2) is 0 Å². The molecule has 0 aliphatic rings. The van der Waals surface area contributed by atoms with Crippen LogP contribution >= 0.6 is 0 Å². The van der Waals surface area contributed by atoms with E-state index in [4.69, 9.17) is 21.7 Å². The summed E-state index contributed by atoms with van der Waals surface area (Å²) < 4.78 is 0. The summed E-state index contributed by atoms with van der Waals surface area (Å²) in [5, 5.41) is 23.9. The quantitative estimate of drug-likeness (QED) is 0.160. The third kappa shape index (κ3) is 10.6. The Morgan fingerprint density at radius 3 is 1.86 bits per heavy atom. The van der Waals surface area contributed by atoms with Gasteiger partial charge in [-0.1, -0.05) is 13.8 Å². The summed E-state index contributed by atoms with van der Waals surface area (Å²) in [6.45, 7) is 2.59. The molecule has 0 radical (unpaired) electrons. The normalized spacial score (nSPS) is 13.7. The van der Waals surface area contributed by atoms with Crippen molar-refractivity contribution in [2.45, 2.75) is 51.2 Å². The maximum atomic E-state index is 12.5. The first-order valence-corrected chi connectivity index (χ1v) is 8.71. The number of amides is 4. The van der Waals surface area contributed by atoms with E-state index >= 15 is 0 Å². The molecule has 0 saturated carbocycles. The summed E-state index contributed by atoms with van der Waals surface area (Å²) in [6, 6.07) is -3.84. The lowest BCUT2D eigenvalue weighted by Crippen LogP contribution is -2.57. The van der Waals surface area contributed by atoms with E-state index in [1.165, 1.54) is 0 Å². The summed E-state index contributed by atoms with van der Waals surface area (Å²) in [5.74, 6) is -6.42. The number of carboxylic acids is 2. The Hall–Kier alpha value is -3.22. The van der Waals surface area contributed by atoms with E-state index in [0.29, 0.717) is 0 Å². The SMILES string of the molecule is CC(C)C(N)C(=O)NC(CC(N)=O)C(=O)NC(CCC(=O)O)C(=O)NCC(=O)O. The lowest BCUT2D eigenvalue weighted by Gasteiger charge is -2.24. The maximum absolute atomic E-state index is 12.5. The van der Waals surface area contributed by atoms with Crippen molar-refractivity contribution in [2.24, 2.45) is 17.4 Å². The summed E-state index contributed by atoms with van der Waals surface area (Å²) in [4.78, 5) is 69.3. The number of carbonyl (C=O) groups is 6. The van der Waals surface area contributed by atoms with Crippen LogP contribution in [0.1, 0.15) is 33.1 Å². The van der Waals surface area contributed by atoms with Crippen molar-refractivity contribution >= 4 is 35.6 Å². The number of hydrogen-bond acceptors (Lipinski definition) is 7. The largest absolute Gasteiger partial charge is 0.481 e. The molecule has 0 saturated heterocycles. The van der Waals surface area contributed by atoms with Gasteiger partial charge >= 0.3 is 11.9 Å². The summed E-state index contributed by atoms with van der Waals surface area (Å²) in [6.07, 6.45) is -1.45. The number of carbonyl (C=O) groups excluding carboxylic acids is 4. The molecular weight excluding hydrogens is 390 g/mol. The average molecular weight is 417 g/mol. The van der Waals surface area contributed by atoms with Crippen LogP contribution in [0.5, 0.6) is 0 Å². The van der Waals surface area contributed by atoms with Crippen molar-refractivity contribution in [2.75, 3.05) is 6.54 Å². The molecule has 13 heteroatoms. The van der Waals surface area contributed by atoms with E-state index in [-0.39, 0.29) is 12.3 Å². The fourth-order valence-corrected chi connectivity index (χ4v) is 2.08. The van der Waals surface area contributed by atoms with Gasteiger partial charge in [0.1, 0.15) is 18.6 Å². The number of carboxylic acid groups (broad SMARTS) is 2. The van der Waals surface area contributed by atoms with Gasteiger partial charge in [0.15, 0.2) is 0 Å². The zero-order valence-electron chi connectivity index (χ0n) is 16.1. The molecule has 164 valence electrons. The minimum atomic E-state index is -1.45. The van der Waals surface area contributed by atoms with Crippen LogP contribution in [0, 0.1) is 5.92 Å². The second kappa shape index (κ2) is 12.3. The monoisotopic (exact) mass is 417 g/mol. The molecule has 0 rings (SSSR count). The van der Waals surface area contributed by atoms with Crippen molar-refractivity contribution in [3.05, 3.63) is 0 Å². The fraction of sp³-hybridized carbons (Fsp3) is 0.625. The molecule has 3 atom stereocenters. The van der Waals surface area contributed by atoms with Gasteiger partial charge in [0.25, 0.3) is 0 Å². The first-order chi connectivity index (χ1) is 13.3. The Balaban J connectivity index is 5.32. The zero-order chi connectivity index (χ0) is 22.7. The predicted octanol–water partition coefficient (Wildman–Crippen LogP) is -3.12. The fourth-order valence-electron chi connectivity index (χ4n) is 2.08. The van der Waals surface area contributed by atoms with E-state index in [1.54, 1.807) is 13.8 Å². The van der Waals surface area contributed by atoms with Crippen molar-refractivity contribution in [1.29, 1.82) is 0 Å². The summed E-state index contributed by atoms with van der Waals surface area (Å²) >= 11 is 0. The first-order valence-electron chi connectivity index (χ1n) is 8.71. The van der Waals surface area contributed by atoms with Crippen LogP contribution in [0.4, 0.5) is 0 Å². The number of nitrogens with two attached hydrogens (primary N) is 2. The highest BCUT2D eigenvalue weighted by molar-refractivity contribution is 5.96. The second-order valence-corrected chi connectivity index (χ2v) is 6.61. The lowest BCUT2D eigenvalue weighted by atomic mass is 10.0. The first kappa shape index (κ1) is 25.8. The lowest BCUT2D eigenvalue weighted by molar-refractivity contribution is -0.140. The Labute approximate surface area is 166 Å². The van der Waals surface area contributed by atoms with Crippen molar-refractivity contribution in [3.8, 4) is 0 Å². The van der Waals surface area contributed by atoms with Gasteiger partial charge in [-0.15, -0.1) is 0 Å². The van der Waals surface area contributed by atoms with Gasteiger partial charge in [-0.2, -0.15) is 0 Å². The molecule has 0 aliphatic carbocycles. The molecule has 4 amide bonds. The zero-order valence-corrected chi connectivity index (χ0v) is 16.1. The summed E-state index contributed by atoms with van der Waals surface area (Å²) in [7, 11) is 0. The molecule has 0 aliphatic heterocycles. The number of aliphatic carboxylic acids is 2. The van der Waals surface area contributed by atoms with Crippen molar-refractivity contribution in [3.63, 3.8) is 0 Å². The number of nitrogens with one attached hydrogen (secondary N) is 3. The van der Waals surface area contributed by atoms with Gasteiger partial charge in [-0.05, 0) is 12.3 Å². The Morgan fingerprint density at radius 2 is 1.41 bits per heavy atom. The number of primary amides is 1. The minimum Gasteiger partial charge on any atom is -0.481 e. The van der Waals surface area contributed by atoms with Crippen LogP contribution in [0.25, 0.3) is 0 Å². The highest BCUT2D eigenvalue weighted by atomic mass is 16.4. The van der Waals surface area contributed by atoms with Crippen LogP contribution in [0.2, 0.25) is 0 Å². The van der Waals surface area contributed by atoms with Crippen molar-refractivity contribution < 1.29 is 39.0 Å². The smallest absolute Gasteiger partial charge is 0.322 e. The van der Waals surface area contributed by atoms with Gasteiger partial charge in [0, 0.05) is 6.42 Å². The molecule has 3 unspecified atom stereocenters. The Bertz CT molecular complexity index is 651. The second-order valence-electron chi connectivity index (χ2n) is 6.61. The van der Waals surface area contributed by atoms with Gasteiger partial charge in [0.05, 0.1) is 12.5 Å². The average Bonchev–Trinajstić information content (AvgIpc) is 2.60. The van der Waals surface area contributed by atoms with Gasteiger partial charge < -0.3 is 37.6 Å². The van der Waals surface area contributed by atoms with Crippen LogP contribution in [-0.2, 0) is 28.8 Å². The molecule has 9 N–H and O–H groups in total. The molecule has 0 spiro atoms. The van der Waals surface area contributed by atoms with Crippen LogP contribution in [0.3, 0.4) is 0 Å².